The Morgan fingerprint density at radius 2 is 2.25 bits per heavy atom. The number of hydrogen-bond acceptors (Lipinski definition) is 5. The highest BCUT2D eigenvalue weighted by Gasteiger charge is 2.23. The van der Waals surface area contributed by atoms with Crippen molar-refractivity contribution in [3.63, 3.8) is 0 Å². The van der Waals surface area contributed by atoms with E-state index in [2.05, 4.69) is 16.0 Å². The Labute approximate surface area is 118 Å². The van der Waals surface area contributed by atoms with Crippen molar-refractivity contribution in [2.75, 3.05) is 32.1 Å². The number of hydrogen-bond donors (Lipinski definition) is 2. The molecule has 20 heavy (non-hydrogen) atoms. The number of aliphatic hydroxyl groups excluding tert-OH is 1. The van der Waals surface area contributed by atoms with Crippen molar-refractivity contribution in [3.05, 3.63) is 35.9 Å². The summed E-state index contributed by atoms with van der Waals surface area (Å²) in [5.74, 6) is 0.562. The summed E-state index contributed by atoms with van der Waals surface area (Å²) in [6.07, 6.45) is 0. The Hall–Kier alpha value is -1.69. The molecule has 1 fully saturated rings. The fourth-order valence-corrected chi connectivity index (χ4v) is 2.59. The molecule has 0 bridgehead atoms. The zero-order valence-corrected chi connectivity index (χ0v) is 11.3. The zero-order valence-electron chi connectivity index (χ0n) is 11.3. The van der Waals surface area contributed by atoms with Crippen molar-refractivity contribution in [3.8, 4) is 0 Å². The lowest BCUT2D eigenvalue weighted by Gasteiger charge is -2.34. The van der Waals surface area contributed by atoms with Crippen LogP contribution in [0.25, 0.3) is 10.9 Å². The lowest BCUT2D eigenvalue weighted by molar-refractivity contribution is -0.0311. The highest BCUT2D eigenvalue weighted by atomic mass is 16.5. The predicted molar refractivity (Wildman–Crippen MR) is 78.3 cm³/mol. The zero-order chi connectivity index (χ0) is 13.9. The van der Waals surface area contributed by atoms with Crippen LogP contribution in [0.15, 0.2) is 30.3 Å². The molecule has 1 unspecified atom stereocenters. The molecule has 5 nitrogen and oxygen atoms in total. The Bertz CT molecular complexity index is 603. The molecule has 1 aromatic heterocycles. The first-order valence-corrected chi connectivity index (χ1v) is 6.84. The van der Waals surface area contributed by atoms with Gasteiger partial charge in [-0.3, -0.25) is 4.90 Å². The van der Waals surface area contributed by atoms with Gasteiger partial charge in [-0.25, -0.2) is 4.98 Å². The van der Waals surface area contributed by atoms with Gasteiger partial charge in [-0.1, -0.05) is 18.2 Å². The normalized spacial score (nSPS) is 20.4. The molecule has 5 heteroatoms. The average Bonchev–Trinajstić information content (AvgIpc) is 2.48. The van der Waals surface area contributed by atoms with E-state index in [1.165, 1.54) is 0 Å². The van der Waals surface area contributed by atoms with Crippen LogP contribution in [0.4, 0.5) is 5.82 Å². The smallest absolute Gasteiger partial charge is 0.128 e. The molecule has 1 atom stereocenters. The molecular weight excluding hydrogens is 254 g/mol. The maximum Gasteiger partial charge on any atom is 0.128 e. The SMILES string of the molecule is Nc1nc2ccccc2cc1CN1CCOCC1CO. The van der Waals surface area contributed by atoms with Gasteiger partial charge in [0.2, 0.25) is 0 Å². The molecular formula is C15H19N3O2. The van der Waals surface area contributed by atoms with Crippen molar-refractivity contribution in [2.45, 2.75) is 12.6 Å². The summed E-state index contributed by atoms with van der Waals surface area (Å²) >= 11 is 0. The second-order valence-corrected chi connectivity index (χ2v) is 5.11. The highest BCUT2D eigenvalue weighted by molar-refractivity contribution is 5.81. The second kappa shape index (κ2) is 5.75. The summed E-state index contributed by atoms with van der Waals surface area (Å²) < 4.78 is 5.39. The summed E-state index contributed by atoms with van der Waals surface area (Å²) in [5, 5.41) is 10.5. The number of morpholine rings is 1. The molecule has 0 amide bonds. The third-order valence-electron chi connectivity index (χ3n) is 3.77. The quantitative estimate of drug-likeness (QED) is 0.873. The number of anilines is 1. The minimum atomic E-state index is 0.0367. The van der Waals surface area contributed by atoms with E-state index < -0.39 is 0 Å². The van der Waals surface area contributed by atoms with Gasteiger partial charge in [0.15, 0.2) is 0 Å². The summed E-state index contributed by atoms with van der Waals surface area (Å²) in [4.78, 5) is 6.65. The van der Waals surface area contributed by atoms with Gasteiger partial charge in [-0.05, 0) is 12.1 Å². The van der Waals surface area contributed by atoms with Gasteiger partial charge < -0.3 is 15.6 Å². The number of para-hydroxylation sites is 1. The molecule has 1 aliphatic rings. The lowest BCUT2D eigenvalue weighted by atomic mass is 10.1. The Morgan fingerprint density at radius 1 is 1.40 bits per heavy atom. The Balaban J connectivity index is 1.87. The standard InChI is InChI=1S/C15H19N3O2/c16-15-12(7-11-3-1-2-4-14(11)17-15)8-18-5-6-20-10-13(18)9-19/h1-4,7,13,19H,5-6,8-10H2,(H2,16,17). The molecule has 1 aromatic carbocycles. The van der Waals surface area contributed by atoms with E-state index in [9.17, 15) is 5.11 Å². The number of benzene rings is 1. The van der Waals surface area contributed by atoms with Crippen molar-refractivity contribution >= 4 is 16.7 Å². The summed E-state index contributed by atoms with van der Waals surface area (Å²) in [6.45, 7) is 2.85. The third-order valence-corrected chi connectivity index (χ3v) is 3.77. The second-order valence-electron chi connectivity index (χ2n) is 5.11. The predicted octanol–water partition coefficient (Wildman–Crippen LogP) is 1.01. The number of fused-ring (bicyclic) bond motifs is 1. The van der Waals surface area contributed by atoms with Gasteiger partial charge >= 0.3 is 0 Å². The minimum absolute atomic E-state index is 0.0367. The van der Waals surface area contributed by atoms with E-state index in [4.69, 9.17) is 10.5 Å². The van der Waals surface area contributed by atoms with Crippen LogP contribution in [-0.2, 0) is 11.3 Å². The van der Waals surface area contributed by atoms with E-state index in [1.807, 2.05) is 24.3 Å². The van der Waals surface area contributed by atoms with Crippen LogP contribution >= 0.6 is 0 Å². The lowest BCUT2D eigenvalue weighted by Crippen LogP contribution is -2.46. The number of nitrogens with two attached hydrogens (primary N) is 1. The largest absolute Gasteiger partial charge is 0.395 e. The Morgan fingerprint density at radius 3 is 3.10 bits per heavy atom. The number of rotatable bonds is 3. The summed E-state index contributed by atoms with van der Waals surface area (Å²) in [6, 6.07) is 10.1. The van der Waals surface area contributed by atoms with Crippen LogP contribution in [-0.4, -0.2) is 47.4 Å². The average molecular weight is 273 g/mol. The van der Waals surface area contributed by atoms with Crippen molar-refractivity contribution in [1.29, 1.82) is 0 Å². The molecule has 1 saturated heterocycles. The van der Waals surface area contributed by atoms with Crippen molar-refractivity contribution in [2.24, 2.45) is 0 Å². The van der Waals surface area contributed by atoms with E-state index in [1.54, 1.807) is 0 Å². The molecule has 2 aromatic rings. The number of nitrogens with zero attached hydrogens (tertiary/aromatic N) is 2. The molecule has 1 aliphatic heterocycles. The topological polar surface area (TPSA) is 71.6 Å². The number of pyridine rings is 1. The van der Waals surface area contributed by atoms with Gasteiger partial charge in [-0.15, -0.1) is 0 Å². The van der Waals surface area contributed by atoms with Gasteiger partial charge in [0.05, 0.1) is 31.4 Å². The molecule has 3 N–H and O–H groups in total. The fourth-order valence-electron chi connectivity index (χ4n) is 2.59. The van der Waals surface area contributed by atoms with E-state index in [0.29, 0.717) is 25.6 Å². The van der Waals surface area contributed by atoms with Crippen LogP contribution in [0.5, 0.6) is 0 Å². The minimum Gasteiger partial charge on any atom is -0.395 e. The van der Waals surface area contributed by atoms with E-state index in [-0.39, 0.29) is 12.6 Å². The monoisotopic (exact) mass is 273 g/mol. The van der Waals surface area contributed by atoms with Crippen LogP contribution in [0.2, 0.25) is 0 Å². The Kier molecular flexibility index (Phi) is 3.82. The third kappa shape index (κ3) is 2.60. The van der Waals surface area contributed by atoms with Crippen molar-refractivity contribution in [1.82, 2.24) is 9.88 Å². The number of nitrogen functional groups attached to an aromatic ring is 1. The van der Waals surface area contributed by atoms with Crippen molar-refractivity contribution < 1.29 is 9.84 Å². The van der Waals surface area contributed by atoms with Gasteiger partial charge in [-0.2, -0.15) is 0 Å². The highest BCUT2D eigenvalue weighted by Crippen LogP contribution is 2.21. The molecule has 0 saturated carbocycles. The molecule has 0 spiro atoms. The maximum atomic E-state index is 9.41. The number of aromatic nitrogens is 1. The van der Waals surface area contributed by atoms with Gasteiger partial charge in [0.1, 0.15) is 5.82 Å². The summed E-state index contributed by atoms with van der Waals surface area (Å²) in [7, 11) is 0. The van der Waals surface area contributed by atoms with E-state index >= 15 is 0 Å². The first-order valence-electron chi connectivity index (χ1n) is 6.84. The molecule has 106 valence electrons. The van der Waals surface area contributed by atoms with Crippen LogP contribution in [0.3, 0.4) is 0 Å². The van der Waals surface area contributed by atoms with Crippen LogP contribution in [0.1, 0.15) is 5.56 Å². The number of aliphatic hydroxyl groups is 1. The van der Waals surface area contributed by atoms with Gasteiger partial charge in [0.25, 0.3) is 0 Å². The first kappa shape index (κ1) is 13.3. The van der Waals surface area contributed by atoms with Crippen LogP contribution < -0.4 is 5.73 Å². The van der Waals surface area contributed by atoms with Gasteiger partial charge in [0, 0.05) is 24.0 Å². The molecule has 0 radical (unpaired) electrons. The van der Waals surface area contributed by atoms with Crippen LogP contribution in [0, 0.1) is 0 Å². The molecule has 0 aliphatic carbocycles. The molecule has 2 heterocycles. The number of ether oxygens (including phenoxy) is 1. The molecule has 3 rings (SSSR count). The van der Waals surface area contributed by atoms with E-state index in [0.717, 1.165) is 23.0 Å². The summed E-state index contributed by atoms with van der Waals surface area (Å²) in [5.41, 5.74) is 7.97. The maximum absolute atomic E-state index is 9.41. The first-order chi connectivity index (χ1) is 9.78. The fraction of sp³-hybridized carbons (Fsp3) is 0.400.